The van der Waals surface area contributed by atoms with Crippen molar-refractivity contribution in [3.8, 4) is 0 Å². The summed E-state index contributed by atoms with van der Waals surface area (Å²) in [5, 5.41) is 0. The van der Waals surface area contributed by atoms with Crippen LogP contribution in [0.3, 0.4) is 0 Å². The Morgan fingerprint density at radius 2 is 1.58 bits per heavy atom. The molecule has 0 amide bonds. The number of benzene rings is 2. The Kier molecular flexibility index (Phi) is 4.03. The van der Waals surface area contributed by atoms with Crippen LogP contribution in [-0.2, 0) is 5.54 Å². The highest BCUT2D eigenvalue weighted by Gasteiger charge is 2.28. The second-order valence-corrected chi connectivity index (χ2v) is 5.18. The zero-order valence-electron chi connectivity index (χ0n) is 11.7. The molecule has 0 bridgehead atoms. The first-order valence-electron chi connectivity index (χ1n) is 6.70. The van der Waals surface area contributed by atoms with Crippen LogP contribution in [0.25, 0.3) is 0 Å². The third-order valence-electron chi connectivity index (χ3n) is 3.85. The lowest BCUT2D eigenvalue weighted by molar-refractivity contribution is 0.499. The van der Waals surface area contributed by atoms with E-state index in [0.29, 0.717) is 6.54 Å². The van der Waals surface area contributed by atoms with Crippen LogP contribution in [0.2, 0.25) is 0 Å². The summed E-state index contributed by atoms with van der Waals surface area (Å²) in [6, 6.07) is 16.6. The zero-order valence-corrected chi connectivity index (χ0v) is 11.7. The third kappa shape index (κ3) is 2.70. The molecule has 0 fully saturated rings. The van der Waals surface area contributed by atoms with Gasteiger partial charge >= 0.3 is 0 Å². The summed E-state index contributed by atoms with van der Waals surface area (Å²) in [5.74, 6) is 0. The lowest BCUT2D eigenvalue weighted by atomic mass is 9.80. The van der Waals surface area contributed by atoms with Gasteiger partial charge in [-0.15, -0.1) is 0 Å². The molecule has 2 rings (SSSR count). The minimum atomic E-state index is -0.505. The molecule has 2 heteroatoms. The summed E-state index contributed by atoms with van der Waals surface area (Å²) in [5.41, 5.74) is 16.8. The molecule has 0 aromatic heterocycles. The summed E-state index contributed by atoms with van der Waals surface area (Å²) in [6.07, 6.45) is 0.736. The summed E-state index contributed by atoms with van der Waals surface area (Å²) < 4.78 is 0. The Bertz CT molecular complexity index is 548. The molecule has 0 aliphatic heterocycles. The van der Waals surface area contributed by atoms with E-state index in [1.54, 1.807) is 0 Å². The van der Waals surface area contributed by atoms with E-state index in [-0.39, 0.29) is 0 Å². The molecule has 4 N–H and O–H groups in total. The molecule has 100 valence electrons. The van der Waals surface area contributed by atoms with Gasteiger partial charge in [0.05, 0.1) is 5.54 Å². The minimum absolute atomic E-state index is 0.505. The van der Waals surface area contributed by atoms with Gasteiger partial charge in [0, 0.05) is 0 Å². The van der Waals surface area contributed by atoms with Crippen LogP contribution >= 0.6 is 0 Å². The van der Waals surface area contributed by atoms with Crippen molar-refractivity contribution in [2.75, 3.05) is 6.54 Å². The van der Waals surface area contributed by atoms with Crippen LogP contribution in [-0.4, -0.2) is 6.54 Å². The average molecular weight is 254 g/mol. The third-order valence-corrected chi connectivity index (χ3v) is 3.85. The number of hydrogen-bond acceptors (Lipinski definition) is 2. The molecule has 1 atom stereocenters. The molecular formula is C17H22N2. The zero-order chi connectivity index (χ0) is 13.9. The Morgan fingerprint density at radius 3 is 2.16 bits per heavy atom. The van der Waals surface area contributed by atoms with E-state index in [9.17, 15) is 0 Å². The summed E-state index contributed by atoms with van der Waals surface area (Å²) >= 11 is 0. The largest absolute Gasteiger partial charge is 0.330 e. The normalized spacial score (nSPS) is 14.1. The number of nitrogens with two attached hydrogens (primary N) is 2. The van der Waals surface area contributed by atoms with Gasteiger partial charge in [-0.05, 0) is 49.1 Å². The second-order valence-electron chi connectivity index (χ2n) is 5.18. The standard InChI is InChI=1S/C17H22N2/c1-13-8-9-16(12-14(13)2)17(19,10-11-18)15-6-4-3-5-7-15/h3-9,12H,10-11,18-19H2,1-2H3. The SMILES string of the molecule is Cc1ccc(C(N)(CCN)c2ccccc2)cc1C. The molecule has 0 spiro atoms. The van der Waals surface area contributed by atoms with Crippen LogP contribution in [0, 0.1) is 13.8 Å². The van der Waals surface area contributed by atoms with Gasteiger partial charge in [-0.3, -0.25) is 0 Å². The predicted molar refractivity (Wildman–Crippen MR) is 81.0 cm³/mol. The fraction of sp³-hybridized carbons (Fsp3) is 0.294. The fourth-order valence-electron chi connectivity index (χ4n) is 2.44. The predicted octanol–water partition coefficient (Wildman–Crippen LogP) is 2.85. The van der Waals surface area contributed by atoms with Crippen LogP contribution in [0.4, 0.5) is 0 Å². The van der Waals surface area contributed by atoms with E-state index in [2.05, 4.69) is 44.2 Å². The van der Waals surface area contributed by atoms with Crippen molar-refractivity contribution in [3.63, 3.8) is 0 Å². The van der Waals surface area contributed by atoms with Gasteiger partial charge in [0.1, 0.15) is 0 Å². The van der Waals surface area contributed by atoms with Gasteiger partial charge in [0.25, 0.3) is 0 Å². The van der Waals surface area contributed by atoms with Crippen molar-refractivity contribution in [3.05, 3.63) is 70.8 Å². The summed E-state index contributed by atoms with van der Waals surface area (Å²) in [4.78, 5) is 0. The topological polar surface area (TPSA) is 52.0 Å². The van der Waals surface area contributed by atoms with Gasteiger partial charge < -0.3 is 11.5 Å². The van der Waals surface area contributed by atoms with Crippen molar-refractivity contribution in [1.82, 2.24) is 0 Å². The highest BCUT2D eigenvalue weighted by atomic mass is 14.8. The molecule has 0 aliphatic carbocycles. The molecule has 0 radical (unpaired) electrons. The molecule has 19 heavy (non-hydrogen) atoms. The van der Waals surface area contributed by atoms with E-state index in [0.717, 1.165) is 17.5 Å². The van der Waals surface area contributed by atoms with E-state index < -0.39 is 5.54 Å². The minimum Gasteiger partial charge on any atom is -0.330 e. The maximum Gasteiger partial charge on any atom is 0.0677 e. The molecule has 0 saturated heterocycles. The van der Waals surface area contributed by atoms with Crippen molar-refractivity contribution in [2.45, 2.75) is 25.8 Å². The lowest BCUT2D eigenvalue weighted by Gasteiger charge is -2.31. The van der Waals surface area contributed by atoms with Crippen LogP contribution < -0.4 is 11.5 Å². The second kappa shape index (κ2) is 5.55. The van der Waals surface area contributed by atoms with Crippen LogP contribution in [0.5, 0.6) is 0 Å². The van der Waals surface area contributed by atoms with Crippen molar-refractivity contribution in [2.24, 2.45) is 11.5 Å². The molecular weight excluding hydrogens is 232 g/mol. The van der Waals surface area contributed by atoms with Crippen molar-refractivity contribution < 1.29 is 0 Å². The van der Waals surface area contributed by atoms with Gasteiger partial charge in [0.2, 0.25) is 0 Å². The first kappa shape index (κ1) is 13.8. The molecule has 0 aliphatic rings. The Balaban J connectivity index is 2.52. The molecule has 0 saturated carbocycles. The van der Waals surface area contributed by atoms with Gasteiger partial charge in [-0.1, -0.05) is 48.5 Å². The van der Waals surface area contributed by atoms with Gasteiger partial charge in [0.15, 0.2) is 0 Å². The lowest BCUT2D eigenvalue weighted by Crippen LogP contribution is -2.40. The van der Waals surface area contributed by atoms with E-state index in [1.807, 2.05) is 18.2 Å². The van der Waals surface area contributed by atoms with E-state index in [4.69, 9.17) is 11.5 Å². The number of aryl methyl sites for hydroxylation is 2. The van der Waals surface area contributed by atoms with Gasteiger partial charge in [-0.25, -0.2) is 0 Å². The summed E-state index contributed by atoms with van der Waals surface area (Å²) in [6.45, 7) is 4.80. The Hall–Kier alpha value is -1.64. The Morgan fingerprint density at radius 1 is 0.895 bits per heavy atom. The number of rotatable bonds is 4. The first-order valence-corrected chi connectivity index (χ1v) is 6.70. The molecule has 0 heterocycles. The molecule has 2 nitrogen and oxygen atoms in total. The smallest absolute Gasteiger partial charge is 0.0677 e. The molecule has 1 unspecified atom stereocenters. The summed E-state index contributed by atoms with van der Waals surface area (Å²) in [7, 11) is 0. The fourth-order valence-corrected chi connectivity index (χ4v) is 2.44. The van der Waals surface area contributed by atoms with Crippen molar-refractivity contribution >= 4 is 0 Å². The van der Waals surface area contributed by atoms with Gasteiger partial charge in [-0.2, -0.15) is 0 Å². The Labute approximate surface area is 115 Å². The van der Waals surface area contributed by atoms with Crippen LogP contribution in [0.1, 0.15) is 28.7 Å². The highest BCUT2D eigenvalue weighted by Crippen LogP contribution is 2.31. The maximum absolute atomic E-state index is 6.69. The maximum atomic E-state index is 6.69. The van der Waals surface area contributed by atoms with E-state index in [1.165, 1.54) is 11.1 Å². The monoisotopic (exact) mass is 254 g/mol. The number of hydrogen-bond donors (Lipinski definition) is 2. The first-order chi connectivity index (χ1) is 9.08. The molecule has 2 aromatic rings. The average Bonchev–Trinajstić information content (AvgIpc) is 2.43. The van der Waals surface area contributed by atoms with Crippen LogP contribution in [0.15, 0.2) is 48.5 Å². The highest BCUT2D eigenvalue weighted by molar-refractivity contribution is 5.41. The van der Waals surface area contributed by atoms with E-state index >= 15 is 0 Å². The molecule has 2 aromatic carbocycles. The quantitative estimate of drug-likeness (QED) is 0.881. The van der Waals surface area contributed by atoms with Crippen molar-refractivity contribution in [1.29, 1.82) is 0 Å².